The standard InChI is InChI=1S/C32H38ClN9/c1-20-4-13-26(33)29-28(20)38-32(40(29)3)37-22-7-5-21(6-8-22)25-18-42(31-27(25)30(34)35-19-36-31)24-11-9-23(10-12-24)41-16-14-39(2)15-17-41/h4-8,13,18-19,23-24H,9-12,14-17H2,1-3H3,(H,37,38)(H2,34,35,36)/t23-,24+. The molecule has 0 atom stereocenters. The lowest BCUT2D eigenvalue weighted by Crippen LogP contribution is -2.49. The monoisotopic (exact) mass is 583 g/mol. The van der Waals surface area contributed by atoms with Gasteiger partial charge in [-0.15, -0.1) is 0 Å². The zero-order valence-corrected chi connectivity index (χ0v) is 25.3. The molecule has 0 amide bonds. The summed E-state index contributed by atoms with van der Waals surface area (Å²) in [6.07, 6.45) is 8.57. The lowest BCUT2D eigenvalue weighted by molar-refractivity contribution is 0.0828. The van der Waals surface area contributed by atoms with E-state index in [4.69, 9.17) is 27.3 Å². The zero-order chi connectivity index (χ0) is 29.0. The molecule has 2 aromatic carbocycles. The van der Waals surface area contributed by atoms with Crippen LogP contribution in [0.15, 0.2) is 48.9 Å². The lowest BCUT2D eigenvalue weighted by atomic mass is 9.89. The summed E-state index contributed by atoms with van der Waals surface area (Å²) in [7, 11) is 4.20. The SMILES string of the molecule is Cc1ccc(Cl)c2c1nc(Nc1ccc(-c3cn([C@H]4CC[C@@H](N5CCN(C)CC5)CC4)c4ncnc(N)c34)cc1)n2C. The van der Waals surface area contributed by atoms with Crippen LogP contribution in [0.25, 0.3) is 33.2 Å². The number of imidazole rings is 1. The highest BCUT2D eigenvalue weighted by Gasteiger charge is 2.30. The minimum atomic E-state index is 0.410. The Morgan fingerprint density at radius 3 is 2.33 bits per heavy atom. The van der Waals surface area contributed by atoms with Crippen molar-refractivity contribution in [3.63, 3.8) is 0 Å². The first kappa shape index (κ1) is 27.2. The van der Waals surface area contributed by atoms with Gasteiger partial charge in [0.15, 0.2) is 0 Å². The van der Waals surface area contributed by atoms with Crippen LogP contribution in [-0.4, -0.2) is 73.2 Å². The number of hydrogen-bond acceptors (Lipinski definition) is 7. The van der Waals surface area contributed by atoms with E-state index in [1.807, 2.05) is 23.7 Å². The maximum atomic E-state index is 6.49. The van der Waals surface area contributed by atoms with E-state index in [0.717, 1.165) is 63.2 Å². The van der Waals surface area contributed by atoms with E-state index in [1.54, 1.807) is 6.33 Å². The molecule has 1 aliphatic carbocycles. The smallest absolute Gasteiger partial charge is 0.208 e. The van der Waals surface area contributed by atoms with Crippen LogP contribution in [0, 0.1) is 6.92 Å². The first-order valence-electron chi connectivity index (χ1n) is 14.9. The molecule has 2 aliphatic rings. The second kappa shape index (κ2) is 10.9. The van der Waals surface area contributed by atoms with Gasteiger partial charge in [0.05, 0.1) is 21.4 Å². The number of nitrogen functional groups attached to an aromatic ring is 1. The second-order valence-corrected chi connectivity index (χ2v) is 12.4. The van der Waals surface area contributed by atoms with Crippen molar-refractivity contribution in [2.75, 3.05) is 44.3 Å². The molecule has 7 rings (SSSR count). The number of hydrogen-bond donors (Lipinski definition) is 2. The van der Waals surface area contributed by atoms with E-state index in [1.165, 1.54) is 39.0 Å². The Morgan fingerprint density at radius 2 is 1.62 bits per heavy atom. The Kier molecular flexibility index (Phi) is 7.04. The molecule has 218 valence electrons. The molecular weight excluding hydrogens is 546 g/mol. The summed E-state index contributed by atoms with van der Waals surface area (Å²) in [5.41, 5.74) is 13.4. The molecular formula is C32H38ClN9. The van der Waals surface area contributed by atoms with Crippen LogP contribution >= 0.6 is 11.6 Å². The van der Waals surface area contributed by atoms with Gasteiger partial charge in [0.1, 0.15) is 17.8 Å². The number of halogens is 1. The van der Waals surface area contributed by atoms with E-state index >= 15 is 0 Å². The predicted octanol–water partition coefficient (Wildman–Crippen LogP) is 6.00. The first-order valence-corrected chi connectivity index (χ1v) is 15.3. The highest BCUT2D eigenvalue weighted by molar-refractivity contribution is 6.35. The van der Waals surface area contributed by atoms with Crippen molar-refractivity contribution in [2.24, 2.45) is 7.05 Å². The van der Waals surface area contributed by atoms with Crippen LogP contribution in [0.4, 0.5) is 17.5 Å². The van der Waals surface area contributed by atoms with Crippen molar-refractivity contribution in [2.45, 2.75) is 44.7 Å². The molecule has 2 fully saturated rings. The van der Waals surface area contributed by atoms with Crippen molar-refractivity contribution < 1.29 is 0 Å². The summed E-state index contributed by atoms with van der Waals surface area (Å²) >= 11 is 6.49. The van der Waals surface area contributed by atoms with Gasteiger partial charge in [-0.05, 0) is 69.0 Å². The van der Waals surface area contributed by atoms with E-state index in [2.05, 4.69) is 69.1 Å². The Hall–Kier alpha value is -3.66. The number of anilines is 3. The quantitative estimate of drug-likeness (QED) is 0.262. The van der Waals surface area contributed by atoms with Gasteiger partial charge in [-0.25, -0.2) is 15.0 Å². The number of nitrogens with one attached hydrogen (secondary N) is 1. The fourth-order valence-electron chi connectivity index (χ4n) is 6.87. The molecule has 1 saturated carbocycles. The number of aryl methyl sites for hydroxylation is 2. The van der Waals surface area contributed by atoms with Crippen molar-refractivity contribution in [1.29, 1.82) is 0 Å². The molecule has 0 bridgehead atoms. The predicted molar refractivity (Wildman–Crippen MR) is 171 cm³/mol. The first-order chi connectivity index (χ1) is 20.4. The number of nitrogens with zero attached hydrogens (tertiary/aromatic N) is 7. The molecule has 9 nitrogen and oxygen atoms in total. The molecule has 1 saturated heterocycles. The van der Waals surface area contributed by atoms with Crippen LogP contribution in [0.5, 0.6) is 0 Å². The largest absolute Gasteiger partial charge is 0.383 e. The summed E-state index contributed by atoms with van der Waals surface area (Å²) in [6, 6.07) is 13.4. The van der Waals surface area contributed by atoms with Gasteiger partial charge >= 0.3 is 0 Å². The third-order valence-electron chi connectivity index (χ3n) is 9.38. The van der Waals surface area contributed by atoms with Crippen LogP contribution in [0.3, 0.4) is 0 Å². The molecule has 0 radical (unpaired) electrons. The zero-order valence-electron chi connectivity index (χ0n) is 24.5. The summed E-state index contributed by atoms with van der Waals surface area (Å²) in [6.45, 7) is 6.75. The van der Waals surface area contributed by atoms with Crippen molar-refractivity contribution >= 4 is 51.1 Å². The number of nitrogens with two attached hydrogens (primary N) is 1. The fraction of sp³-hybridized carbons (Fsp3) is 0.406. The minimum absolute atomic E-state index is 0.410. The Morgan fingerprint density at radius 1 is 0.905 bits per heavy atom. The fourth-order valence-corrected chi connectivity index (χ4v) is 7.15. The third kappa shape index (κ3) is 4.79. The minimum Gasteiger partial charge on any atom is -0.383 e. The van der Waals surface area contributed by atoms with Gasteiger partial charge in [0.25, 0.3) is 0 Å². The van der Waals surface area contributed by atoms with Gasteiger partial charge in [-0.2, -0.15) is 0 Å². The van der Waals surface area contributed by atoms with Gasteiger partial charge in [0.2, 0.25) is 5.95 Å². The van der Waals surface area contributed by atoms with Crippen molar-refractivity contribution in [3.8, 4) is 11.1 Å². The number of fused-ring (bicyclic) bond motifs is 2. The Labute approximate surface area is 251 Å². The Bertz CT molecular complexity index is 1740. The van der Waals surface area contributed by atoms with E-state index in [9.17, 15) is 0 Å². The number of piperazine rings is 1. The van der Waals surface area contributed by atoms with Gasteiger partial charge < -0.3 is 25.1 Å². The topological polar surface area (TPSA) is 93.1 Å². The number of likely N-dealkylation sites (N-methyl/N-ethyl adjacent to an activating group) is 1. The average Bonchev–Trinajstić information content (AvgIpc) is 3.56. The number of rotatable bonds is 5. The molecule has 42 heavy (non-hydrogen) atoms. The number of benzene rings is 2. The molecule has 4 heterocycles. The maximum absolute atomic E-state index is 6.49. The van der Waals surface area contributed by atoms with Crippen molar-refractivity contribution in [1.82, 2.24) is 33.9 Å². The van der Waals surface area contributed by atoms with Crippen molar-refractivity contribution in [3.05, 3.63) is 59.5 Å². The summed E-state index contributed by atoms with van der Waals surface area (Å²) in [4.78, 5) is 19.0. The number of aromatic nitrogens is 5. The normalized spacial score (nSPS) is 20.5. The molecule has 3 aromatic heterocycles. The molecule has 1 aliphatic heterocycles. The lowest BCUT2D eigenvalue weighted by Gasteiger charge is -2.41. The summed E-state index contributed by atoms with van der Waals surface area (Å²) < 4.78 is 4.36. The molecule has 5 aromatic rings. The average molecular weight is 584 g/mol. The van der Waals surface area contributed by atoms with E-state index in [0.29, 0.717) is 22.9 Å². The highest BCUT2D eigenvalue weighted by Crippen LogP contribution is 2.39. The van der Waals surface area contributed by atoms with Crippen LogP contribution < -0.4 is 11.1 Å². The maximum Gasteiger partial charge on any atom is 0.208 e. The second-order valence-electron chi connectivity index (χ2n) is 12.0. The molecule has 3 N–H and O–H groups in total. The molecule has 10 heteroatoms. The summed E-state index contributed by atoms with van der Waals surface area (Å²) in [5.74, 6) is 1.27. The van der Waals surface area contributed by atoms with Crippen LogP contribution in [0.1, 0.15) is 37.3 Å². The van der Waals surface area contributed by atoms with Gasteiger partial charge in [0, 0.05) is 62.8 Å². The Balaban J connectivity index is 1.14. The third-order valence-corrected chi connectivity index (χ3v) is 9.68. The van der Waals surface area contributed by atoms with Gasteiger partial charge in [-0.1, -0.05) is 29.8 Å². The molecule has 0 spiro atoms. The summed E-state index contributed by atoms with van der Waals surface area (Å²) in [5, 5.41) is 5.09. The van der Waals surface area contributed by atoms with Gasteiger partial charge in [-0.3, -0.25) is 4.90 Å². The van der Waals surface area contributed by atoms with Crippen LogP contribution in [-0.2, 0) is 7.05 Å². The van der Waals surface area contributed by atoms with E-state index < -0.39 is 0 Å². The highest BCUT2D eigenvalue weighted by atomic mass is 35.5. The molecule has 0 unspecified atom stereocenters. The van der Waals surface area contributed by atoms with E-state index in [-0.39, 0.29) is 0 Å². The van der Waals surface area contributed by atoms with Crippen LogP contribution in [0.2, 0.25) is 5.02 Å².